The number of nitrogens with zero attached hydrogens (tertiary/aromatic N) is 1. The maximum absolute atomic E-state index is 12.9. The van der Waals surface area contributed by atoms with Gasteiger partial charge in [-0.1, -0.05) is 24.3 Å². The van der Waals surface area contributed by atoms with Crippen molar-refractivity contribution in [2.24, 2.45) is 0 Å². The molecule has 0 saturated carbocycles. The molecule has 3 rings (SSSR count). The number of hydrogen-bond acceptors (Lipinski definition) is 4. The van der Waals surface area contributed by atoms with Crippen LogP contribution in [0.5, 0.6) is 0 Å². The monoisotopic (exact) mass is 466 g/mol. The van der Waals surface area contributed by atoms with Crippen molar-refractivity contribution in [3.63, 3.8) is 0 Å². The van der Waals surface area contributed by atoms with Gasteiger partial charge in [-0.05, 0) is 67.4 Å². The van der Waals surface area contributed by atoms with Crippen molar-refractivity contribution in [2.75, 3.05) is 30.0 Å². The summed E-state index contributed by atoms with van der Waals surface area (Å²) in [5.74, 6) is -0.459. The zero-order valence-corrected chi connectivity index (χ0v) is 19.7. The molecule has 0 bridgehead atoms. The highest BCUT2D eigenvalue weighted by Gasteiger charge is 2.23. The first kappa shape index (κ1) is 24.0. The molecule has 0 aliphatic carbocycles. The van der Waals surface area contributed by atoms with Crippen LogP contribution in [0.15, 0.2) is 71.6 Å². The molecular formula is C24H26N4O4S. The van der Waals surface area contributed by atoms with Gasteiger partial charge in [0.25, 0.3) is 5.91 Å². The van der Waals surface area contributed by atoms with Gasteiger partial charge in [-0.3, -0.25) is 4.79 Å². The number of benzene rings is 3. The second-order valence-corrected chi connectivity index (χ2v) is 9.80. The topological polar surface area (TPSA) is 108 Å². The predicted octanol–water partition coefficient (Wildman–Crippen LogP) is 4.45. The summed E-state index contributed by atoms with van der Waals surface area (Å²) in [4.78, 5) is 25.2. The number of amides is 3. The van der Waals surface area contributed by atoms with Crippen molar-refractivity contribution >= 4 is 39.0 Å². The van der Waals surface area contributed by atoms with Crippen LogP contribution in [0.2, 0.25) is 0 Å². The highest BCUT2D eigenvalue weighted by atomic mass is 32.2. The maximum Gasteiger partial charge on any atom is 0.323 e. The molecule has 0 radical (unpaired) electrons. The molecule has 3 aromatic rings. The van der Waals surface area contributed by atoms with E-state index >= 15 is 0 Å². The molecule has 3 amide bonds. The lowest BCUT2D eigenvalue weighted by Crippen LogP contribution is -2.24. The number of carbonyl (C=O) groups excluding carboxylic acids is 2. The van der Waals surface area contributed by atoms with Gasteiger partial charge in [0.1, 0.15) is 0 Å². The molecule has 0 aliphatic rings. The van der Waals surface area contributed by atoms with E-state index in [1.807, 2.05) is 18.2 Å². The summed E-state index contributed by atoms with van der Waals surface area (Å²) in [6.45, 7) is 3.47. The fourth-order valence-corrected chi connectivity index (χ4v) is 4.33. The van der Waals surface area contributed by atoms with Crippen LogP contribution in [0, 0.1) is 13.8 Å². The molecule has 0 aromatic heterocycles. The molecule has 3 aromatic carbocycles. The Hall–Kier alpha value is -3.69. The molecule has 0 fully saturated rings. The van der Waals surface area contributed by atoms with Gasteiger partial charge in [-0.15, -0.1) is 0 Å². The highest BCUT2D eigenvalue weighted by Crippen LogP contribution is 2.24. The summed E-state index contributed by atoms with van der Waals surface area (Å²) in [7, 11) is -0.811. The number of aryl methyl sites for hydroxylation is 1. The first-order valence-corrected chi connectivity index (χ1v) is 11.6. The van der Waals surface area contributed by atoms with Gasteiger partial charge in [-0.2, -0.15) is 0 Å². The fraction of sp³-hybridized carbons (Fsp3) is 0.167. The predicted molar refractivity (Wildman–Crippen MR) is 130 cm³/mol. The molecular weight excluding hydrogens is 440 g/mol. The van der Waals surface area contributed by atoms with Crippen molar-refractivity contribution in [3.8, 4) is 0 Å². The number of hydrogen-bond donors (Lipinski definition) is 3. The number of para-hydroxylation sites is 1. The Morgan fingerprint density at radius 2 is 1.33 bits per heavy atom. The molecule has 0 unspecified atom stereocenters. The second kappa shape index (κ2) is 9.85. The van der Waals surface area contributed by atoms with Gasteiger partial charge in [0.2, 0.25) is 10.0 Å². The average Bonchev–Trinajstić information content (AvgIpc) is 2.76. The number of urea groups is 1. The molecule has 0 saturated heterocycles. The lowest BCUT2D eigenvalue weighted by molar-refractivity contribution is 0.102. The Morgan fingerprint density at radius 3 is 1.97 bits per heavy atom. The molecule has 33 heavy (non-hydrogen) atoms. The van der Waals surface area contributed by atoms with E-state index in [0.717, 1.165) is 4.31 Å². The molecule has 9 heteroatoms. The Labute approximate surface area is 193 Å². The standard InChI is InChI=1S/C24H26N4O4S/c1-16-13-18(14-22(17(16)2)33(31,32)28(3)4)23(29)25-20-11-8-12-21(15-20)27-24(30)26-19-9-6-5-7-10-19/h5-15H,1-4H3,(H,25,29)(H2,26,27,30). The molecule has 8 nitrogen and oxygen atoms in total. The zero-order valence-electron chi connectivity index (χ0n) is 18.8. The van der Waals surface area contributed by atoms with E-state index in [0.29, 0.717) is 28.2 Å². The third kappa shape index (κ3) is 5.76. The first-order chi connectivity index (χ1) is 15.6. The number of sulfonamides is 1. The van der Waals surface area contributed by atoms with Crippen molar-refractivity contribution in [1.29, 1.82) is 0 Å². The van der Waals surface area contributed by atoms with Crippen LogP contribution < -0.4 is 16.0 Å². The summed E-state index contributed by atoms with van der Waals surface area (Å²) in [6.07, 6.45) is 0. The molecule has 0 spiro atoms. The Kier molecular flexibility index (Phi) is 7.15. The maximum atomic E-state index is 12.9. The Balaban J connectivity index is 1.77. The zero-order chi connectivity index (χ0) is 24.2. The van der Waals surface area contributed by atoms with Crippen LogP contribution in [0.3, 0.4) is 0 Å². The third-order valence-electron chi connectivity index (χ3n) is 5.05. The lowest BCUT2D eigenvalue weighted by atomic mass is 10.1. The van der Waals surface area contributed by atoms with Gasteiger partial charge in [0, 0.05) is 36.7 Å². The second-order valence-electron chi connectivity index (χ2n) is 7.68. The fourth-order valence-electron chi connectivity index (χ4n) is 3.12. The van der Waals surface area contributed by atoms with Crippen LogP contribution in [0.4, 0.5) is 21.9 Å². The number of nitrogens with one attached hydrogen (secondary N) is 3. The number of rotatable bonds is 6. The molecule has 172 valence electrons. The highest BCUT2D eigenvalue weighted by molar-refractivity contribution is 7.89. The molecule has 0 atom stereocenters. The summed E-state index contributed by atoms with van der Waals surface area (Å²) in [5, 5.41) is 8.19. The lowest BCUT2D eigenvalue weighted by Gasteiger charge is -2.16. The van der Waals surface area contributed by atoms with Crippen LogP contribution in [-0.2, 0) is 10.0 Å². The van der Waals surface area contributed by atoms with Crippen molar-refractivity contribution in [1.82, 2.24) is 4.31 Å². The van der Waals surface area contributed by atoms with Crippen LogP contribution in [-0.4, -0.2) is 38.8 Å². The van der Waals surface area contributed by atoms with E-state index in [9.17, 15) is 18.0 Å². The van der Waals surface area contributed by atoms with Crippen LogP contribution >= 0.6 is 0 Å². The van der Waals surface area contributed by atoms with Crippen molar-refractivity contribution in [2.45, 2.75) is 18.7 Å². The van der Waals surface area contributed by atoms with Crippen molar-refractivity contribution in [3.05, 3.63) is 83.4 Å². The summed E-state index contributed by atoms with van der Waals surface area (Å²) >= 11 is 0. The van der Waals surface area contributed by atoms with Gasteiger partial charge >= 0.3 is 6.03 Å². The summed E-state index contributed by atoms with van der Waals surface area (Å²) in [5.41, 5.74) is 3.09. The molecule has 0 aliphatic heterocycles. The summed E-state index contributed by atoms with van der Waals surface area (Å²) < 4.78 is 26.4. The normalized spacial score (nSPS) is 11.2. The summed E-state index contributed by atoms with van der Waals surface area (Å²) in [6, 6.07) is 18.3. The Morgan fingerprint density at radius 1 is 0.758 bits per heavy atom. The van der Waals surface area contributed by atoms with Gasteiger partial charge in [-0.25, -0.2) is 17.5 Å². The van der Waals surface area contributed by atoms with E-state index in [-0.39, 0.29) is 10.5 Å². The molecule has 0 heterocycles. The van der Waals surface area contributed by atoms with Gasteiger partial charge < -0.3 is 16.0 Å². The largest absolute Gasteiger partial charge is 0.323 e. The van der Waals surface area contributed by atoms with E-state index in [2.05, 4.69) is 16.0 Å². The minimum absolute atomic E-state index is 0.0886. The first-order valence-electron chi connectivity index (χ1n) is 10.2. The van der Waals surface area contributed by atoms with E-state index in [1.165, 1.54) is 20.2 Å². The van der Waals surface area contributed by atoms with Crippen LogP contribution in [0.1, 0.15) is 21.5 Å². The quantitative estimate of drug-likeness (QED) is 0.499. The smallest absolute Gasteiger partial charge is 0.322 e. The van der Waals surface area contributed by atoms with E-state index < -0.39 is 22.0 Å². The van der Waals surface area contributed by atoms with E-state index in [1.54, 1.807) is 56.3 Å². The van der Waals surface area contributed by atoms with Gasteiger partial charge in [0.15, 0.2) is 0 Å². The van der Waals surface area contributed by atoms with Crippen LogP contribution in [0.25, 0.3) is 0 Å². The number of anilines is 3. The third-order valence-corrected chi connectivity index (χ3v) is 6.99. The number of carbonyl (C=O) groups is 2. The van der Waals surface area contributed by atoms with E-state index in [4.69, 9.17) is 0 Å². The van der Waals surface area contributed by atoms with Crippen molar-refractivity contribution < 1.29 is 18.0 Å². The minimum atomic E-state index is -3.71. The Bertz CT molecular complexity index is 1290. The minimum Gasteiger partial charge on any atom is -0.322 e. The average molecular weight is 467 g/mol. The SMILES string of the molecule is Cc1cc(C(=O)Nc2cccc(NC(=O)Nc3ccccc3)c2)cc(S(=O)(=O)N(C)C)c1C. The van der Waals surface area contributed by atoms with Gasteiger partial charge in [0.05, 0.1) is 4.90 Å². The molecule has 3 N–H and O–H groups in total.